The SMILES string of the molecule is CC(=O)N1CCc2c(c(-c3cncc4ccccc34)nn2C2CCOCC2)C1. The second kappa shape index (κ2) is 7.02. The Labute approximate surface area is 164 Å². The topological polar surface area (TPSA) is 60.2 Å². The van der Waals surface area contributed by atoms with Gasteiger partial charge in [-0.2, -0.15) is 5.10 Å². The predicted molar refractivity (Wildman–Crippen MR) is 107 cm³/mol. The molecule has 6 heteroatoms. The molecule has 5 rings (SSSR count). The van der Waals surface area contributed by atoms with E-state index in [0.29, 0.717) is 12.6 Å². The third-order valence-corrected chi connectivity index (χ3v) is 5.99. The summed E-state index contributed by atoms with van der Waals surface area (Å²) in [6.45, 7) is 4.58. The number of ether oxygens (including phenoxy) is 1. The molecular formula is C22H24N4O2. The number of rotatable bonds is 2. The zero-order chi connectivity index (χ0) is 19.1. The third-order valence-electron chi connectivity index (χ3n) is 5.99. The highest BCUT2D eigenvalue weighted by atomic mass is 16.5. The molecule has 1 amide bonds. The summed E-state index contributed by atoms with van der Waals surface area (Å²) in [5, 5.41) is 7.37. The van der Waals surface area contributed by atoms with Crippen LogP contribution in [-0.2, 0) is 22.5 Å². The first-order valence-electron chi connectivity index (χ1n) is 9.99. The van der Waals surface area contributed by atoms with E-state index in [4.69, 9.17) is 9.84 Å². The second-order valence-corrected chi connectivity index (χ2v) is 7.66. The van der Waals surface area contributed by atoms with Gasteiger partial charge in [0, 0.05) is 74.2 Å². The lowest BCUT2D eigenvalue weighted by Gasteiger charge is -2.29. The first-order chi connectivity index (χ1) is 13.7. The molecule has 4 heterocycles. The van der Waals surface area contributed by atoms with Crippen LogP contribution < -0.4 is 0 Å². The number of hydrogen-bond donors (Lipinski definition) is 0. The highest BCUT2D eigenvalue weighted by Crippen LogP contribution is 2.36. The maximum Gasteiger partial charge on any atom is 0.219 e. The van der Waals surface area contributed by atoms with Crippen LogP contribution in [0.25, 0.3) is 22.0 Å². The summed E-state index contributed by atoms with van der Waals surface area (Å²) >= 11 is 0. The minimum atomic E-state index is 0.117. The van der Waals surface area contributed by atoms with Crippen molar-refractivity contribution in [2.75, 3.05) is 19.8 Å². The van der Waals surface area contributed by atoms with Crippen molar-refractivity contribution < 1.29 is 9.53 Å². The van der Waals surface area contributed by atoms with Crippen LogP contribution in [0.2, 0.25) is 0 Å². The van der Waals surface area contributed by atoms with E-state index >= 15 is 0 Å². The number of benzene rings is 1. The quantitative estimate of drug-likeness (QED) is 0.688. The summed E-state index contributed by atoms with van der Waals surface area (Å²) in [5.74, 6) is 0.117. The van der Waals surface area contributed by atoms with Crippen LogP contribution >= 0.6 is 0 Å². The Morgan fingerprint density at radius 3 is 2.82 bits per heavy atom. The fraction of sp³-hybridized carbons (Fsp3) is 0.409. The van der Waals surface area contributed by atoms with Gasteiger partial charge in [0.05, 0.1) is 11.7 Å². The van der Waals surface area contributed by atoms with Gasteiger partial charge < -0.3 is 9.64 Å². The van der Waals surface area contributed by atoms with E-state index in [9.17, 15) is 4.79 Å². The van der Waals surface area contributed by atoms with Gasteiger partial charge >= 0.3 is 0 Å². The summed E-state index contributed by atoms with van der Waals surface area (Å²) in [4.78, 5) is 18.4. The minimum Gasteiger partial charge on any atom is -0.381 e. The summed E-state index contributed by atoms with van der Waals surface area (Å²) in [5.41, 5.74) is 4.46. The maximum atomic E-state index is 12.0. The van der Waals surface area contributed by atoms with Crippen LogP contribution in [0.3, 0.4) is 0 Å². The van der Waals surface area contributed by atoms with E-state index in [1.165, 1.54) is 11.3 Å². The Morgan fingerprint density at radius 2 is 2.00 bits per heavy atom. The van der Waals surface area contributed by atoms with E-state index in [1.807, 2.05) is 23.4 Å². The first-order valence-corrected chi connectivity index (χ1v) is 9.99. The average molecular weight is 376 g/mol. The van der Waals surface area contributed by atoms with Crippen molar-refractivity contribution in [1.29, 1.82) is 0 Å². The predicted octanol–water partition coefficient (Wildman–Crippen LogP) is 3.35. The van der Waals surface area contributed by atoms with Crippen LogP contribution in [0.5, 0.6) is 0 Å². The Morgan fingerprint density at radius 1 is 1.18 bits per heavy atom. The maximum absolute atomic E-state index is 12.0. The largest absolute Gasteiger partial charge is 0.381 e. The third kappa shape index (κ3) is 2.88. The zero-order valence-electron chi connectivity index (χ0n) is 16.1. The van der Waals surface area contributed by atoms with Crippen molar-refractivity contribution in [3.8, 4) is 11.3 Å². The number of nitrogens with zero attached hydrogens (tertiary/aromatic N) is 4. The molecule has 3 aromatic rings. The molecule has 0 saturated carbocycles. The molecule has 0 atom stereocenters. The molecule has 2 aliphatic rings. The fourth-order valence-corrected chi connectivity index (χ4v) is 4.47. The number of fused-ring (bicyclic) bond motifs is 2. The molecule has 0 unspecified atom stereocenters. The van der Waals surface area contributed by atoms with Gasteiger partial charge in [-0.15, -0.1) is 0 Å². The number of carbonyl (C=O) groups is 1. The molecule has 1 fully saturated rings. The van der Waals surface area contributed by atoms with E-state index in [-0.39, 0.29) is 5.91 Å². The van der Waals surface area contributed by atoms with Gasteiger partial charge in [0.2, 0.25) is 5.91 Å². The van der Waals surface area contributed by atoms with Gasteiger partial charge in [-0.3, -0.25) is 14.5 Å². The van der Waals surface area contributed by atoms with E-state index in [0.717, 1.165) is 61.1 Å². The van der Waals surface area contributed by atoms with Gasteiger partial charge in [-0.05, 0) is 18.2 Å². The number of carbonyl (C=O) groups excluding carboxylic acids is 1. The van der Waals surface area contributed by atoms with E-state index in [1.54, 1.807) is 6.92 Å². The lowest BCUT2D eigenvalue weighted by atomic mass is 9.98. The number of hydrogen-bond acceptors (Lipinski definition) is 4. The van der Waals surface area contributed by atoms with Crippen molar-refractivity contribution in [2.24, 2.45) is 0 Å². The van der Waals surface area contributed by atoms with E-state index < -0.39 is 0 Å². The molecule has 28 heavy (non-hydrogen) atoms. The molecule has 1 saturated heterocycles. The highest BCUT2D eigenvalue weighted by Gasteiger charge is 2.30. The fourth-order valence-electron chi connectivity index (χ4n) is 4.47. The number of amides is 1. The van der Waals surface area contributed by atoms with Crippen LogP contribution in [-0.4, -0.2) is 45.3 Å². The summed E-state index contributed by atoms with van der Waals surface area (Å²) in [6, 6.07) is 8.65. The van der Waals surface area contributed by atoms with Gasteiger partial charge in [-0.25, -0.2) is 0 Å². The standard InChI is InChI=1S/C22H24N4O2/c1-15(27)25-9-6-21-20(14-25)22(24-26(21)17-7-10-28-11-8-17)19-13-23-12-16-4-2-3-5-18(16)19/h2-5,12-13,17H,6-11,14H2,1H3. The molecule has 144 valence electrons. The molecule has 2 aliphatic heterocycles. The lowest BCUT2D eigenvalue weighted by Crippen LogP contribution is -2.35. The summed E-state index contributed by atoms with van der Waals surface area (Å²) < 4.78 is 7.79. The van der Waals surface area contributed by atoms with Crippen molar-refractivity contribution in [2.45, 2.75) is 38.8 Å². The molecular weight excluding hydrogens is 352 g/mol. The van der Waals surface area contributed by atoms with Gasteiger partial charge in [0.1, 0.15) is 0 Å². The van der Waals surface area contributed by atoms with Crippen molar-refractivity contribution in [3.05, 3.63) is 47.9 Å². The van der Waals surface area contributed by atoms with Crippen LogP contribution in [0.4, 0.5) is 0 Å². The highest BCUT2D eigenvalue weighted by molar-refractivity contribution is 5.95. The molecule has 0 radical (unpaired) electrons. The van der Waals surface area contributed by atoms with Crippen molar-refractivity contribution >= 4 is 16.7 Å². The number of aromatic nitrogens is 3. The van der Waals surface area contributed by atoms with Crippen LogP contribution in [0.15, 0.2) is 36.7 Å². The normalized spacial score (nSPS) is 17.7. The molecule has 0 bridgehead atoms. The molecule has 0 N–H and O–H groups in total. The molecule has 0 aliphatic carbocycles. The molecule has 1 aromatic carbocycles. The molecule has 6 nitrogen and oxygen atoms in total. The summed E-state index contributed by atoms with van der Waals surface area (Å²) in [7, 11) is 0. The zero-order valence-corrected chi connectivity index (χ0v) is 16.1. The first kappa shape index (κ1) is 17.4. The minimum absolute atomic E-state index is 0.117. The molecule has 0 spiro atoms. The summed E-state index contributed by atoms with van der Waals surface area (Å²) in [6.07, 6.45) is 6.61. The Kier molecular flexibility index (Phi) is 4.36. The average Bonchev–Trinajstić information content (AvgIpc) is 3.12. The molecule has 2 aromatic heterocycles. The Hall–Kier alpha value is -2.73. The van der Waals surface area contributed by atoms with Gasteiger partial charge in [0.15, 0.2) is 0 Å². The number of pyridine rings is 1. The van der Waals surface area contributed by atoms with Crippen molar-refractivity contribution in [1.82, 2.24) is 19.7 Å². The van der Waals surface area contributed by atoms with Crippen molar-refractivity contribution in [3.63, 3.8) is 0 Å². The monoisotopic (exact) mass is 376 g/mol. The van der Waals surface area contributed by atoms with Crippen LogP contribution in [0, 0.1) is 0 Å². The second-order valence-electron chi connectivity index (χ2n) is 7.66. The lowest BCUT2D eigenvalue weighted by molar-refractivity contribution is -0.129. The Bertz CT molecular complexity index is 1030. The smallest absolute Gasteiger partial charge is 0.219 e. The van der Waals surface area contributed by atoms with Gasteiger partial charge in [-0.1, -0.05) is 24.3 Å². The van der Waals surface area contributed by atoms with Crippen LogP contribution in [0.1, 0.15) is 37.1 Å². The van der Waals surface area contributed by atoms with E-state index in [2.05, 4.69) is 27.9 Å². The Balaban J connectivity index is 1.68. The van der Waals surface area contributed by atoms with Gasteiger partial charge in [0.25, 0.3) is 0 Å².